The van der Waals surface area contributed by atoms with Crippen molar-refractivity contribution in [2.24, 2.45) is 0 Å². The maximum absolute atomic E-state index is 2.36. The summed E-state index contributed by atoms with van der Waals surface area (Å²) in [7, 11) is 11.1. The van der Waals surface area contributed by atoms with Crippen molar-refractivity contribution < 1.29 is 0 Å². The molecule has 3 rings (SSSR count). The zero-order valence-corrected chi connectivity index (χ0v) is 16.2. The second-order valence-corrected chi connectivity index (χ2v) is 8.38. The fourth-order valence-corrected chi connectivity index (χ4v) is 4.85. The highest BCUT2D eigenvalue weighted by Gasteiger charge is 2.39. The molecular formula is C20H28N3S+. The van der Waals surface area contributed by atoms with E-state index in [0.29, 0.717) is 6.04 Å². The van der Waals surface area contributed by atoms with Crippen LogP contribution in [0.2, 0.25) is 0 Å². The molecule has 0 aromatic heterocycles. The van der Waals surface area contributed by atoms with E-state index in [1.165, 1.54) is 21.2 Å². The maximum atomic E-state index is 2.36. The molecule has 0 N–H and O–H groups in total. The highest BCUT2D eigenvalue weighted by atomic mass is 32.2. The molecule has 24 heavy (non-hydrogen) atoms. The van der Waals surface area contributed by atoms with Gasteiger partial charge in [0.15, 0.2) is 11.4 Å². The molecule has 128 valence electrons. The molecule has 4 heteroatoms. The molecular weight excluding hydrogens is 314 g/mol. The topological polar surface area (TPSA) is 6.48 Å². The first-order valence-electron chi connectivity index (χ1n) is 8.45. The highest BCUT2D eigenvalue weighted by Crippen LogP contribution is 2.51. The van der Waals surface area contributed by atoms with Crippen molar-refractivity contribution >= 4 is 23.1 Å². The van der Waals surface area contributed by atoms with Gasteiger partial charge in [0.2, 0.25) is 0 Å². The Morgan fingerprint density at radius 3 is 1.83 bits per heavy atom. The van der Waals surface area contributed by atoms with Crippen molar-refractivity contribution in [3.63, 3.8) is 0 Å². The zero-order chi connectivity index (χ0) is 17.3. The number of quaternary nitrogens is 1. The van der Waals surface area contributed by atoms with Crippen molar-refractivity contribution in [1.29, 1.82) is 0 Å². The summed E-state index contributed by atoms with van der Waals surface area (Å²) in [5.74, 6) is 0. The van der Waals surface area contributed by atoms with Gasteiger partial charge in [-0.1, -0.05) is 36.0 Å². The van der Waals surface area contributed by atoms with Gasteiger partial charge in [-0.2, -0.15) is 0 Å². The van der Waals surface area contributed by atoms with E-state index in [4.69, 9.17) is 0 Å². The Hall–Kier alpha value is -1.33. The standard InChI is InChI=1S/C20H28N3S/c1-21(2)14-16(22(3)4)15-23(5)17-10-6-8-12-19(17)24-20-13-9-7-11-18(20)23/h6-13,16H,14-15H2,1-5H3/q+1. The van der Waals surface area contributed by atoms with Crippen LogP contribution in [0.5, 0.6) is 0 Å². The van der Waals surface area contributed by atoms with Gasteiger partial charge in [0, 0.05) is 18.7 Å². The first-order chi connectivity index (χ1) is 11.4. The number of nitrogens with zero attached hydrogens (tertiary/aromatic N) is 3. The lowest BCUT2D eigenvalue weighted by atomic mass is 10.1. The summed E-state index contributed by atoms with van der Waals surface area (Å²) < 4.78 is 0.857. The third-order valence-electron chi connectivity index (χ3n) is 4.90. The van der Waals surface area contributed by atoms with Gasteiger partial charge in [-0.15, -0.1) is 0 Å². The molecule has 0 radical (unpaired) electrons. The molecule has 0 saturated carbocycles. The van der Waals surface area contributed by atoms with E-state index < -0.39 is 0 Å². The predicted molar refractivity (Wildman–Crippen MR) is 105 cm³/mol. The monoisotopic (exact) mass is 342 g/mol. The van der Waals surface area contributed by atoms with Gasteiger partial charge in [0.1, 0.15) is 6.54 Å². The van der Waals surface area contributed by atoms with Gasteiger partial charge in [0.05, 0.1) is 22.9 Å². The Bertz CT molecular complexity index is 666. The normalized spacial score (nSPS) is 16.8. The summed E-state index contributed by atoms with van der Waals surface area (Å²) in [6.45, 7) is 2.11. The fraction of sp³-hybridized carbons (Fsp3) is 0.400. The van der Waals surface area contributed by atoms with Crippen molar-refractivity contribution in [2.45, 2.75) is 15.8 Å². The van der Waals surface area contributed by atoms with Gasteiger partial charge >= 0.3 is 0 Å². The Morgan fingerprint density at radius 2 is 1.38 bits per heavy atom. The maximum Gasteiger partial charge on any atom is 0.151 e. The molecule has 0 bridgehead atoms. The van der Waals surface area contributed by atoms with Crippen molar-refractivity contribution in [3.8, 4) is 0 Å². The Kier molecular flexibility index (Phi) is 5.02. The zero-order valence-electron chi connectivity index (χ0n) is 15.4. The van der Waals surface area contributed by atoms with Crippen molar-refractivity contribution in [3.05, 3.63) is 48.5 Å². The second-order valence-electron chi connectivity index (χ2n) is 7.29. The van der Waals surface area contributed by atoms with Gasteiger partial charge in [-0.25, -0.2) is 0 Å². The second kappa shape index (κ2) is 6.89. The van der Waals surface area contributed by atoms with Crippen LogP contribution < -0.4 is 4.48 Å². The van der Waals surface area contributed by atoms with Crippen LogP contribution in [0.3, 0.4) is 0 Å². The minimum absolute atomic E-state index is 0.481. The van der Waals surface area contributed by atoms with Crippen LogP contribution >= 0.6 is 11.8 Å². The van der Waals surface area contributed by atoms with Crippen LogP contribution in [0.4, 0.5) is 11.4 Å². The van der Waals surface area contributed by atoms with Crippen molar-refractivity contribution in [2.75, 3.05) is 48.3 Å². The van der Waals surface area contributed by atoms with Gasteiger partial charge in [-0.05, 0) is 40.3 Å². The third kappa shape index (κ3) is 3.24. The Labute approximate surface area is 150 Å². The first kappa shape index (κ1) is 17.5. The van der Waals surface area contributed by atoms with E-state index in [2.05, 4.69) is 93.6 Å². The molecule has 0 saturated heterocycles. The smallest absolute Gasteiger partial charge is 0.151 e. The molecule has 1 atom stereocenters. The summed E-state index contributed by atoms with van der Waals surface area (Å²) in [6, 6.07) is 18.2. The number of para-hydroxylation sites is 2. The van der Waals surface area contributed by atoms with E-state index in [1.54, 1.807) is 0 Å². The lowest BCUT2D eigenvalue weighted by molar-refractivity contribution is 0.195. The summed E-state index contributed by atoms with van der Waals surface area (Å²) in [6.07, 6.45) is 0. The van der Waals surface area contributed by atoms with Gasteiger partial charge < -0.3 is 9.80 Å². The molecule has 2 aromatic carbocycles. The molecule has 0 spiro atoms. The van der Waals surface area contributed by atoms with E-state index in [1.807, 2.05) is 11.8 Å². The van der Waals surface area contributed by atoms with Crippen LogP contribution in [-0.4, -0.2) is 64.2 Å². The number of fused-ring (bicyclic) bond motifs is 2. The number of likely N-dealkylation sites (N-methyl/N-ethyl adjacent to an activating group) is 3. The van der Waals surface area contributed by atoms with Crippen LogP contribution in [0.25, 0.3) is 0 Å². The summed E-state index contributed by atoms with van der Waals surface area (Å²) in [5.41, 5.74) is 2.82. The molecule has 2 aromatic rings. The summed E-state index contributed by atoms with van der Waals surface area (Å²) >= 11 is 1.89. The van der Waals surface area contributed by atoms with E-state index in [0.717, 1.165) is 17.6 Å². The van der Waals surface area contributed by atoms with Gasteiger partial charge in [0.25, 0.3) is 0 Å². The van der Waals surface area contributed by atoms with Crippen LogP contribution in [-0.2, 0) is 0 Å². The molecule has 1 aliphatic rings. The van der Waals surface area contributed by atoms with Crippen LogP contribution in [0, 0.1) is 0 Å². The molecule has 0 fully saturated rings. The average molecular weight is 343 g/mol. The third-order valence-corrected chi connectivity index (χ3v) is 6.03. The van der Waals surface area contributed by atoms with E-state index >= 15 is 0 Å². The Balaban J connectivity index is 2.07. The minimum atomic E-state index is 0.481. The largest absolute Gasteiger partial charge is 0.308 e. The van der Waals surface area contributed by atoms with Gasteiger partial charge in [-0.3, -0.25) is 4.48 Å². The molecule has 3 nitrogen and oxygen atoms in total. The fourth-order valence-electron chi connectivity index (χ4n) is 3.57. The van der Waals surface area contributed by atoms with E-state index in [9.17, 15) is 0 Å². The quantitative estimate of drug-likeness (QED) is 0.761. The lowest BCUT2D eigenvalue weighted by Crippen LogP contribution is -2.53. The van der Waals surface area contributed by atoms with Crippen LogP contribution in [0.1, 0.15) is 0 Å². The summed E-state index contributed by atoms with van der Waals surface area (Å²) in [5, 5.41) is 0. The molecule has 0 aliphatic carbocycles. The predicted octanol–water partition coefficient (Wildman–Crippen LogP) is 3.91. The Morgan fingerprint density at radius 1 is 0.875 bits per heavy atom. The van der Waals surface area contributed by atoms with Crippen LogP contribution in [0.15, 0.2) is 58.3 Å². The van der Waals surface area contributed by atoms with E-state index in [-0.39, 0.29) is 0 Å². The minimum Gasteiger partial charge on any atom is -0.308 e. The summed E-state index contributed by atoms with van der Waals surface area (Å²) in [4.78, 5) is 7.39. The number of hydrogen-bond donors (Lipinski definition) is 0. The number of hydrogen-bond acceptors (Lipinski definition) is 3. The SMILES string of the molecule is CN(C)CC(C[N+]1(C)c2ccccc2Sc2ccccc21)N(C)C. The number of benzene rings is 2. The molecule has 1 aliphatic heterocycles. The molecule has 0 amide bonds. The highest BCUT2D eigenvalue weighted by molar-refractivity contribution is 7.99. The lowest BCUT2D eigenvalue weighted by Gasteiger charge is -2.42. The molecule has 1 unspecified atom stereocenters. The first-order valence-corrected chi connectivity index (χ1v) is 9.27. The number of rotatable bonds is 5. The molecule has 1 heterocycles. The van der Waals surface area contributed by atoms with Crippen molar-refractivity contribution in [1.82, 2.24) is 14.3 Å². The average Bonchev–Trinajstić information content (AvgIpc) is 2.54.